The molecule has 6 nitrogen and oxygen atoms in total. The van der Waals surface area contributed by atoms with Gasteiger partial charge in [-0.2, -0.15) is 0 Å². The molecule has 0 bridgehead atoms. The minimum Gasteiger partial charge on any atom is -0.355 e. The standard InChI is InChI=1S/C15H13N3O3/c1-16-15(19)12-5-2-11(3-6-12)4-7-13-8-9-14(10-17-13)18(20)21/h2-10H,1H3,(H,16,19). The van der Waals surface area contributed by atoms with E-state index in [2.05, 4.69) is 10.3 Å². The van der Waals surface area contributed by atoms with Crippen molar-refractivity contribution < 1.29 is 9.72 Å². The minimum atomic E-state index is -0.488. The predicted molar refractivity (Wildman–Crippen MR) is 79.7 cm³/mol. The van der Waals surface area contributed by atoms with Crippen molar-refractivity contribution >= 4 is 23.7 Å². The van der Waals surface area contributed by atoms with Crippen LogP contribution in [0.1, 0.15) is 21.6 Å². The van der Waals surface area contributed by atoms with Crippen molar-refractivity contribution in [3.8, 4) is 0 Å². The molecule has 0 aliphatic heterocycles. The van der Waals surface area contributed by atoms with E-state index in [4.69, 9.17) is 0 Å². The maximum absolute atomic E-state index is 11.4. The fourth-order valence-corrected chi connectivity index (χ4v) is 1.68. The number of pyridine rings is 1. The number of hydrogen-bond donors (Lipinski definition) is 1. The molecule has 0 radical (unpaired) electrons. The first-order valence-electron chi connectivity index (χ1n) is 6.21. The first-order valence-corrected chi connectivity index (χ1v) is 6.21. The van der Waals surface area contributed by atoms with Crippen molar-refractivity contribution in [2.75, 3.05) is 7.05 Å². The lowest BCUT2D eigenvalue weighted by Gasteiger charge is -2.00. The van der Waals surface area contributed by atoms with Gasteiger partial charge in [-0.15, -0.1) is 0 Å². The summed E-state index contributed by atoms with van der Waals surface area (Å²) in [6.45, 7) is 0. The Morgan fingerprint density at radius 2 is 1.90 bits per heavy atom. The number of carbonyl (C=O) groups excluding carboxylic acids is 1. The zero-order chi connectivity index (χ0) is 15.2. The Morgan fingerprint density at radius 1 is 1.19 bits per heavy atom. The van der Waals surface area contributed by atoms with E-state index in [1.165, 1.54) is 12.3 Å². The van der Waals surface area contributed by atoms with E-state index in [1.54, 1.807) is 31.3 Å². The predicted octanol–water partition coefficient (Wildman–Crippen LogP) is 2.52. The third-order valence-corrected chi connectivity index (χ3v) is 2.83. The van der Waals surface area contributed by atoms with Gasteiger partial charge in [-0.3, -0.25) is 14.9 Å². The Balaban J connectivity index is 2.10. The van der Waals surface area contributed by atoms with Gasteiger partial charge < -0.3 is 5.32 Å². The molecule has 0 saturated heterocycles. The summed E-state index contributed by atoms with van der Waals surface area (Å²) in [4.78, 5) is 25.4. The molecule has 2 aromatic rings. The highest BCUT2D eigenvalue weighted by atomic mass is 16.6. The number of nitro groups is 1. The summed E-state index contributed by atoms with van der Waals surface area (Å²) in [5.41, 5.74) is 2.07. The summed E-state index contributed by atoms with van der Waals surface area (Å²) < 4.78 is 0. The van der Waals surface area contributed by atoms with E-state index in [1.807, 2.05) is 18.2 Å². The Bertz CT molecular complexity index is 676. The Labute approximate surface area is 121 Å². The smallest absolute Gasteiger partial charge is 0.287 e. The third-order valence-electron chi connectivity index (χ3n) is 2.83. The molecule has 1 heterocycles. The van der Waals surface area contributed by atoms with Crippen LogP contribution in [0.15, 0.2) is 42.6 Å². The molecule has 0 saturated carbocycles. The second-order valence-electron chi connectivity index (χ2n) is 4.23. The largest absolute Gasteiger partial charge is 0.355 e. The molecular formula is C15H13N3O3. The summed E-state index contributed by atoms with van der Waals surface area (Å²) in [5, 5.41) is 13.1. The fraction of sp³-hybridized carbons (Fsp3) is 0.0667. The second kappa shape index (κ2) is 6.42. The van der Waals surface area contributed by atoms with Crippen LogP contribution in [0.4, 0.5) is 5.69 Å². The van der Waals surface area contributed by atoms with E-state index in [0.29, 0.717) is 11.3 Å². The number of amides is 1. The van der Waals surface area contributed by atoms with Crippen LogP contribution in [0.3, 0.4) is 0 Å². The summed E-state index contributed by atoms with van der Waals surface area (Å²) >= 11 is 0. The van der Waals surface area contributed by atoms with Crippen molar-refractivity contribution in [1.82, 2.24) is 10.3 Å². The van der Waals surface area contributed by atoms with Gasteiger partial charge in [-0.25, -0.2) is 4.98 Å². The maximum atomic E-state index is 11.4. The van der Waals surface area contributed by atoms with Gasteiger partial charge in [0.25, 0.3) is 11.6 Å². The third kappa shape index (κ3) is 3.73. The zero-order valence-corrected chi connectivity index (χ0v) is 11.3. The van der Waals surface area contributed by atoms with E-state index >= 15 is 0 Å². The molecule has 6 heteroatoms. The summed E-state index contributed by atoms with van der Waals surface area (Å²) in [6, 6.07) is 10.1. The second-order valence-corrected chi connectivity index (χ2v) is 4.23. The SMILES string of the molecule is CNC(=O)c1ccc(C=Cc2ccc([N+](=O)[O-])cn2)cc1. The molecule has 1 N–H and O–H groups in total. The van der Waals surface area contributed by atoms with E-state index < -0.39 is 4.92 Å². The lowest BCUT2D eigenvalue weighted by molar-refractivity contribution is -0.385. The van der Waals surface area contributed by atoms with Gasteiger partial charge in [-0.05, 0) is 29.8 Å². The average Bonchev–Trinajstić information content (AvgIpc) is 2.53. The summed E-state index contributed by atoms with van der Waals surface area (Å²) in [5.74, 6) is -0.137. The monoisotopic (exact) mass is 283 g/mol. The first-order chi connectivity index (χ1) is 10.1. The lowest BCUT2D eigenvalue weighted by atomic mass is 10.1. The molecule has 106 valence electrons. The molecule has 1 aromatic heterocycles. The Hall–Kier alpha value is -3.02. The molecule has 0 aliphatic rings. The van der Waals surface area contributed by atoms with E-state index in [-0.39, 0.29) is 11.6 Å². The zero-order valence-electron chi connectivity index (χ0n) is 11.3. The highest BCUT2D eigenvalue weighted by molar-refractivity contribution is 5.94. The highest BCUT2D eigenvalue weighted by Gasteiger charge is 2.04. The average molecular weight is 283 g/mol. The minimum absolute atomic E-state index is 0.0397. The molecule has 2 rings (SSSR count). The number of carbonyl (C=O) groups is 1. The van der Waals surface area contributed by atoms with Crippen LogP contribution in [0.2, 0.25) is 0 Å². The molecule has 0 unspecified atom stereocenters. The molecule has 0 fully saturated rings. The number of nitrogens with one attached hydrogen (secondary N) is 1. The van der Waals surface area contributed by atoms with Crippen molar-refractivity contribution in [3.63, 3.8) is 0 Å². The van der Waals surface area contributed by atoms with Crippen molar-refractivity contribution in [3.05, 3.63) is 69.5 Å². The topological polar surface area (TPSA) is 85.1 Å². The molecule has 1 aromatic carbocycles. The normalized spacial score (nSPS) is 10.5. The van der Waals surface area contributed by atoms with Crippen LogP contribution in [-0.2, 0) is 0 Å². The quantitative estimate of drug-likeness (QED) is 0.690. The van der Waals surface area contributed by atoms with Gasteiger partial charge in [0, 0.05) is 18.7 Å². The number of nitrogens with zero attached hydrogens (tertiary/aromatic N) is 2. The van der Waals surface area contributed by atoms with Crippen LogP contribution in [0.5, 0.6) is 0 Å². The van der Waals surface area contributed by atoms with Gasteiger partial charge in [0.2, 0.25) is 0 Å². The fourth-order valence-electron chi connectivity index (χ4n) is 1.68. The van der Waals surface area contributed by atoms with Crippen LogP contribution in [0, 0.1) is 10.1 Å². The molecular weight excluding hydrogens is 270 g/mol. The molecule has 0 spiro atoms. The first kappa shape index (κ1) is 14.4. The van der Waals surface area contributed by atoms with Crippen LogP contribution < -0.4 is 5.32 Å². The van der Waals surface area contributed by atoms with Crippen LogP contribution >= 0.6 is 0 Å². The summed E-state index contributed by atoms with van der Waals surface area (Å²) in [6.07, 6.45) is 4.79. The van der Waals surface area contributed by atoms with Crippen LogP contribution in [-0.4, -0.2) is 22.9 Å². The van der Waals surface area contributed by atoms with Gasteiger partial charge in [0.1, 0.15) is 6.20 Å². The van der Waals surface area contributed by atoms with Gasteiger partial charge in [-0.1, -0.05) is 18.2 Å². The van der Waals surface area contributed by atoms with Crippen molar-refractivity contribution in [1.29, 1.82) is 0 Å². The molecule has 0 atom stereocenters. The van der Waals surface area contributed by atoms with E-state index in [9.17, 15) is 14.9 Å². The maximum Gasteiger partial charge on any atom is 0.287 e. The number of aromatic nitrogens is 1. The van der Waals surface area contributed by atoms with Crippen molar-refractivity contribution in [2.24, 2.45) is 0 Å². The summed E-state index contributed by atoms with van der Waals surface area (Å²) in [7, 11) is 1.58. The van der Waals surface area contributed by atoms with Crippen molar-refractivity contribution in [2.45, 2.75) is 0 Å². The van der Waals surface area contributed by atoms with Gasteiger partial charge in [0.15, 0.2) is 0 Å². The number of rotatable bonds is 4. The van der Waals surface area contributed by atoms with E-state index in [0.717, 1.165) is 5.56 Å². The molecule has 21 heavy (non-hydrogen) atoms. The van der Waals surface area contributed by atoms with Gasteiger partial charge in [0.05, 0.1) is 10.6 Å². The Kier molecular flexibility index (Phi) is 4.40. The molecule has 0 aliphatic carbocycles. The number of hydrogen-bond acceptors (Lipinski definition) is 4. The lowest BCUT2D eigenvalue weighted by Crippen LogP contribution is -2.17. The highest BCUT2D eigenvalue weighted by Crippen LogP contribution is 2.12. The number of benzene rings is 1. The van der Waals surface area contributed by atoms with Gasteiger partial charge >= 0.3 is 0 Å². The molecule has 1 amide bonds. The van der Waals surface area contributed by atoms with Crippen LogP contribution in [0.25, 0.3) is 12.2 Å². The Morgan fingerprint density at radius 3 is 2.43 bits per heavy atom.